The van der Waals surface area contributed by atoms with Crippen LogP contribution in [0.15, 0.2) is 23.0 Å². The van der Waals surface area contributed by atoms with E-state index in [1.165, 1.54) is 0 Å². The fourth-order valence-electron chi connectivity index (χ4n) is 2.34. The summed E-state index contributed by atoms with van der Waals surface area (Å²) in [6.07, 6.45) is 1.32. The topological polar surface area (TPSA) is 70.2 Å². The number of hydrogen-bond donors (Lipinski definition) is 2. The van der Waals surface area contributed by atoms with Gasteiger partial charge in [-0.3, -0.25) is 4.79 Å². The number of carboxylic acids is 1. The van der Waals surface area contributed by atoms with Gasteiger partial charge >= 0.3 is 5.97 Å². The van der Waals surface area contributed by atoms with Crippen molar-refractivity contribution in [2.45, 2.75) is 26.7 Å². The van der Waals surface area contributed by atoms with Crippen LogP contribution in [-0.4, -0.2) is 16.1 Å². The Morgan fingerprint density at radius 2 is 2.00 bits per heavy atom. The highest BCUT2D eigenvalue weighted by atomic mass is 16.4. The highest BCUT2D eigenvalue weighted by Gasteiger charge is 2.17. The number of aromatic amines is 1. The number of carboxylic acid groups (broad SMARTS) is 1. The zero-order chi connectivity index (χ0) is 13.3. The van der Waals surface area contributed by atoms with Gasteiger partial charge in [0.1, 0.15) is 5.56 Å². The normalized spacial score (nSPS) is 10.8. The van der Waals surface area contributed by atoms with Crippen LogP contribution < -0.4 is 5.56 Å². The van der Waals surface area contributed by atoms with Crippen LogP contribution in [0.5, 0.6) is 0 Å². The third kappa shape index (κ3) is 1.79. The molecular formula is C14H15NO3. The molecule has 0 bridgehead atoms. The van der Waals surface area contributed by atoms with Crippen molar-refractivity contribution in [3.63, 3.8) is 0 Å². The molecule has 1 heterocycles. The van der Waals surface area contributed by atoms with Gasteiger partial charge < -0.3 is 10.1 Å². The molecule has 4 nitrogen and oxygen atoms in total. The minimum absolute atomic E-state index is 0.141. The summed E-state index contributed by atoms with van der Waals surface area (Å²) < 4.78 is 0. The van der Waals surface area contributed by atoms with E-state index in [-0.39, 0.29) is 5.56 Å². The molecule has 0 aliphatic carbocycles. The van der Waals surface area contributed by atoms with E-state index < -0.39 is 11.5 Å². The van der Waals surface area contributed by atoms with Gasteiger partial charge in [0.05, 0.1) is 5.52 Å². The lowest BCUT2D eigenvalue weighted by Crippen LogP contribution is -2.21. The molecule has 0 aliphatic heterocycles. The first-order chi connectivity index (χ1) is 8.60. The van der Waals surface area contributed by atoms with Crippen LogP contribution >= 0.6 is 0 Å². The molecule has 18 heavy (non-hydrogen) atoms. The highest BCUT2D eigenvalue weighted by Crippen LogP contribution is 2.22. The van der Waals surface area contributed by atoms with E-state index >= 15 is 0 Å². The minimum atomic E-state index is -1.17. The van der Waals surface area contributed by atoms with Crippen molar-refractivity contribution < 1.29 is 9.90 Å². The van der Waals surface area contributed by atoms with Gasteiger partial charge in [-0.2, -0.15) is 0 Å². The lowest BCUT2D eigenvalue weighted by Gasteiger charge is -2.10. The van der Waals surface area contributed by atoms with Gasteiger partial charge in [-0.25, -0.2) is 4.79 Å². The molecule has 1 aromatic heterocycles. The number of rotatable bonds is 3. The van der Waals surface area contributed by atoms with Gasteiger partial charge in [-0.15, -0.1) is 0 Å². The Bertz CT molecular complexity index is 671. The molecule has 0 fully saturated rings. The molecule has 1 aromatic carbocycles. The Morgan fingerprint density at radius 1 is 1.28 bits per heavy atom. The van der Waals surface area contributed by atoms with Crippen molar-refractivity contribution >= 4 is 16.9 Å². The molecule has 0 aliphatic rings. The molecule has 0 radical (unpaired) electrons. The zero-order valence-electron chi connectivity index (χ0n) is 10.4. The maximum absolute atomic E-state index is 11.9. The van der Waals surface area contributed by atoms with Gasteiger partial charge in [0.15, 0.2) is 0 Å². The van der Waals surface area contributed by atoms with Crippen LogP contribution in [-0.2, 0) is 12.8 Å². The summed E-state index contributed by atoms with van der Waals surface area (Å²) in [5, 5.41) is 9.97. The summed E-state index contributed by atoms with van der Waals surface area (Å²) in [4.78, 5) is 25.8. The first kappa shape index (κ1) is 12.4. The average Bonchev–Trinajstić information content (AvgIpc) is 2.35. The molecule has 0 spiro atoms. The van der Waals surface area contributed by atoms with E-state index in [1.807, 2.05) is 32.0 Å². The van der Waals surface area contributed by atoms with E-state index in [1.54, 1.807) is 0 Å². The molecule has 0 atom stereocenters. The van der Waals surface area contributed by atoms with E-state index in [4.69, 9.17) is 5.11 Å². The second-order valence-electron chi connectivity index (χ2n) is 4.16. The van der Waals surface area contributed by atoms with Gasteiger partial charge in [0.25, 0.3) is 5.56 Å². The summed E-state index contributed by atoms with van der Waals surface area (Å²) >= 11 is 0. The van der Waals surface area contributed by atoms with Crippen LogP contribution in [0.25, 0.3) is 10.9 Å². The van der Waals surface area contributed by atoms with Crippen LogP contribution in [0.1, 0.15) is 35.3 Å². The van der Waals surface area contributed by atoms with Crippen molar-refractivity contribution in [1.29, 1.82) is 0 Å². The van der Waals surface area contributed by atoms with E-state index in [9.17, 15) is 9.59 Å². The van der Waals surface area contributed by atoms with E-state index in [2.05, 4.69) is 4.98 Å². The van der Waals surface area contributed by atoms with Gasteiger partial charge in [-0.1, -0.05) is 32.0 Å². The molecule has 2 aromatic rings. The van der Waals surface area contributed by atoms with Crippen molar-refractivity contribution in [3.05, 3.63) is 45.2 Å². The molecule has 0 saturated carbocycles. The summed E-state index contributed by atoms with van der Waals surface area (Å²) in [5.41, 5.74) is 1.73. The minimum Gasteiger partial charge on any atom is -0.477 e. The van der Waals surface area contributed by atoms with E-state index in [0.717, 1.165) is 22.9 Å². The summed E-state index contributed by atoms with van der Waals surface area (Å²) in [5.74, 6) is -1.17. The third-order valence-electron chi connectivity index (χ3n) is 3.19. The Labute approximate surface area is 104 Å². The highest BCUT2D eigenvalue weighted by molar-refractivity contribution is 5.96. The SMILES string of the molecule is CCc1c(C(=O)O)c(=O)[nH]c2c(CC)cccc12. The smallest absolute Gasteiger partial charge is 0.341 e. The monoisotopic (exact) mass is 245 g/mol. The lowest BCUT2D eigenvalue weighted by atomic mass is 9.98. The maximum atomic E-state index is 11.9. The number of pyridine rings is 1. The molecule has 0 unspecified atom stereocenters. The second kappa shape index (κ2) is 4.64. The second-order valence-corrected chi connectivity index (χ2v) is 4.16. The Morgan fingerprint density at radius 3 is 2.56 bits per heavy atom. The number of para-hydroxylation sites is 1. The van der Waals surface area contributed by atoms with Crippen molar-refractivity contribution in [2.75, 3.05) is 0 Å². The molecule has 94 valence electrons. The quantitative estimate of drug-likeness (QED) is 0.872. The number of nitrogens with one attached hydrogen (secondary N) is 1. The largest absolute Gasteiger partial charge is 0.477 e. The summed E-state index contributed by atoms with van der Waals surface area (Å²) in [6.45, 7) is 3.86. The summed E-state index contributed by atoms with van der Waals surface area (Å²) in [7, 11) is 0. The Kier molecular flexibility index (Phi) is 3.19. The first-order valence-electron chi connectivity index (χ1n) is 6.00. The van der Waals surface area contributed by atoms with Gasteiger partial charge in [-0.05, 0) is 24.0 Å². The van der Waals surface area contributed by atoms with Crippen molar-refractivity contribution in [2.24, 2.45) is 0 Å². The Hall–Kier alpha value is -2.10. The number of hydrogen-bond acceptors (Lipinski definition) is 2. The average molecular weight is 245 g/mol. The lowest BCUT2D eigenvalue weighted by molar-refractivity contribution is 0.0694. The predicted molar refractivity (Wildman–Crippen MR) is 70.3 cm³/mol. The number of carbonyl (C=O) groups is 1. The number of fused-ring (bicyclic) bond motifs is 1. The third-order valence-corrected chi connectivity index (χ3v) is 3.19. The number of benzene rings is 1. The molecule has 0 amide bonds. The number of H-pyrrole nitrogens is 1. The molecule has 2 rings (SSSR count). The predicted octanol–water partition coefficient (Wildman–Crippen LogP) is 2.35. The van der Waals surface area contributed by atoms with Crippen LogP contribution in [0.2, 0.25) is 0 Å². The van der Waals surface area contributed by atoms with Crippen LogP contribution in [0.4, 0.5) is 0 Å². The fourth-order valence-corrected chi connectivity index (χ4v) is 2.34. The fraction of sp³-hybridized carbons (Fsp3) is 0.286. The number of aryl methyl sites for hydroxylation is 2. The molecular weight excluding hydrogens is 230 g/mol. The zero-order valence-corrected chi connectivity index (χ0v) is 10.4. The first-order valence-corrected chi connectivity index (χ1v) is 6.00. The number of aromatic nitrogens is 1. The van der Waals surface area contributed by atoms with Crippen LogP contribution in [0, 0.1) is 0 Å². The Balaban J connectivity index is 2.97. The summed E-state index contributed by atoms with van der Waals surface area (Å²) in [6, 6.07) is 5.69. The van der Waals surface area contributed by atoms with Gasteiger partial charge in [0.2, 0.25) is 0 Å². The maximum Gasteiger partial charge on any atom is 0.341 e. The standard InChI is InChI=1S/C14H15NO3/c1-3-8-6-5-7-10-9(4-2)11(14(17)18)13(16)15-12(8)10/h5-7H,3-4H2,1-2H3,(H,15,16)(H,17,18). The van der Waals surface area contributed by atoms with Crippen molar-refractivity contribution in [3.8, 4) is 0 Å². The molecule has 0 saturated heterocycles. The van der Waals surface area contributed by atoms with Gasteiger partial charge in [0, 0.05) is 5.39 Å². The van der Waals surface area contributed by atoms with E-state index in [0.29, 0.717) is 12.0 Å². The van der Waals surface area contributed by atoms with Crippen LogP contribution in [0.3, 0.4) is 0 Å². The molecule has 4 heteroatoms. The molecule has 2 N–H and O–H groups in total. The number of aromatic carboxylic acids is 1. The van der Waals surface area contributed by atoms with Crippen molar-refractivity contribution in [1.82, 2.24) is 4.98 Å².